The van der Waals surface area contributed by atoms with E-state index in [0.717, 1.165) is 12.1 Å². The van der Waals surface area contributed by atoms with Crippen LogP contribution in [-0.4, -0.2) is 47.6 Å². The van der Waals surface area contributed by atoms with E-state index in [1.54, 1.807) is 36.4 Å². The number of anilines is 2. The van der Waals surface area contributed by atoms with Gasteiger partial charge in [0.15, 0.2) is 0 Å². The molecule has 0 unspecified atom stereocenters. The van der Waals surface area contributed by atoms with E-state index < -0.39 is 11.8 Å². The lowest BCUT2D eigenvalue weighted by molar-refractivity contribution is 0.101. The molecule has 4 N–H and O–H groups in total. The number of para-hydroxylation sites is 2. The van der Waals surface area contributed by atoms with Crippen molar-refractivity contribution in [2.45, 2.75) is 6.42 Å². The Kier molecular flexibility index (Phi) is 6.89. The first-order valence-electron chi connectivity index (χ1n) is 9.81. The van der Waals surface area contributed by atoms with Crippen molar-refractivity contribution in [2.75, 3.05) is 31.3 Å². The molecule has 7 nitrogen and oxygen atoms in total. The Balaban J connectivity index is 1.87. The Morgan fingerprint density at radius 3 is 1.90 bits per heavy atom. The zero-order valence-corrected chi connectivity index (χ0v) is 17.4. The number of carbonyl (C=O) groups is 2. The SMILES string of the molecule is CN(C)CCc1ccc(NC(=O)c2ccccc2O)cc1NC(=O)c1ccccc1O. The molecule has 0 atom stereocenters. The Hall–Kier alpha value is -3.84. The number of likely N-dealkylation sites (N-methyl/N-ethyl adjacent to an activating group) is 1. The summed E-state index contributed by atoms with van der Waals surface area (Å²) in [6.45, 7) is 0.767. The molecule has 0 saturated carbocycles. The number of nitrogens with one attached hydrogen (secondary N) is 2. The van der Waals surface area contributed by atoms with Crippen LogP contribution in [0.5, 0.6) is 11.5 Å². The van der Waals surface area contributed by atoms with Gasteiger partial charge in [0.2, 0.25) is 0 Å². The summed E-state index contributed by atoms with van der Waals surface area (Å²) in [5.74, 6) is -1.14. The molecule has 160 valence electrons. The van der Waals surface area contributed by atoms with Crippen LogP contribution in [0.1, 0.15) is 26.3 Å². The summed E-state index contributed by atoms with van der Waals surface area (Å²) in [5, 5.41) is 25.5. The highest BCUT2D eigenvalue weighted by Crippen LogP contribution is 2.25. The molecular formula is C24H25N3O4. The molecule has 3 aromatic carbocycles. The Bertz CT molecular complexity index is 1100. The summed E-state index contributed by atoms with van der Waals surface area (Å²) in [6.07, 6.45) is 0.678. The van der Waals surface area contributed by atoms with Gasteiger partial charge in [-0.1, -0.05) is 30.3 Å². The minimum Gasteiger partial charge on any atom is -0.507 e. The van der Waals surface area contributed by atoms with Gasteiger partial charge in [-0.15, -0.1) is 0 Å². The van der Waals surface area contributed by atoms with Crippen molar-refractivity contribution >= 4 is 23.2 Å². The van der Waals surface area contributed by atoms with Crippen molar-refractivity contribution in [1.29, 1.82) is 0 Å². The number of phenolic OH excluding ortho intramolecular Hbond substituents is 2. The van der Waals surface area contributed by atoms with E-state index in [9.17, 15) is 19.8 Å². The lowest BCUT2D eigenvalue weighted by atomic mass is 10.1. The van der Waals surface area contributed by atoms with E-state index >= 15 is 0 Å². The van der Waals surface area contributed by atoms with Crippen molar-refractivity contribution in [3.8, 4) is 11.5 Å². The van der Waals surface area contributed by atoms with Gasteiger partial charge in [-0.2, -0.15) is 0 Å². The zero-order valence-electron chi connectivity index (χ0n) is 17.4. The quantitative estimate of drug-likeness (QED) is 0.468. The van der Waals surface area contributed by atoms with Crippen LogP contribution in [0.25, 0.3) is 0 Å². The molecule has 3 aromatic rings. The van der Waals surface area contributed by atoms with Gasteiger partial charge in [-0.3, -0.25) is 9.59 Å². The fourth-order valence-electron chi connectivity index (χ4n) is 3.05. The summed E-state index contributed by atoms with van der Waals surface area (Å²) in [6, 6.07) is 17.8. The number of nitrogens with zero attached hydrogens (tertiary/aromatic N) is 1. The third-order valence-electron chi connectivity index (χ3n) is 4.74. The maximum absolute atomic E-state index is 12.7. The van der Waals surface area contributed by atoms with Gasteiger partial charge in [-0.25, -0.2) is 0 Å². The van der Waals surface area contributed by atoms with Gasteiger partial charge in [0.25, 0.3) is 11.8 Å². The molecule has 2 amide bonds. The van der Waals surface area contributed by atoms with Gasteiger partial charge in [-0.05, 0) is 62.5 Å². The number of hydrogen-bond acceptors (Lipinski definition) is 5. The molecule has 0 radical (unpaired) electrons. The molecule has 3 rings (SSSR count). The predicted molar refractivity (Wildman–Crippen MR) is 121 cm³/mol. The maximum atomic E-state index is 12.7. The fraction of sp³-hybridized carbons (Fsp3) is 0.167. The van der Waals surface area contributed by atoms with Crippen LogP contribution in [0.4, 0.5) is 11.4 Å². The van der Waals surface area contributed by atoms with Gasteiger partial charge in [0.1, 0.15) is 11.5 Å². The summed E-state index contributed by atoms with van der Waals surface area (Å²) in [4.78, 5) is 27.3. The highest BCUT2D eigenvalue weighted by atomic mass is 16.3. The molecular weight excluding hydrogens is 394 g/mol. The van der Waals surface area contributed by atoms with Crippen molar-refractivity contribution < 1.29 is 19.8 Å². The Labute approximate surface area is 181 Å². The second-order valence-electron chi connectivity index (χ2n) is 7.37. The van der Waals surface area contributed by atoms with Gasteiger partial charge >= 0.3 is 0 Å². The molecule has 0 bridgehead atoms. The second-order valence-corrected chi connectivity index (χ2v) is 7.37. The molecule has 0 aromatic heterocycles. The second kappa shape index (κ2) is 9.77. The predicted octanol–water partition coefficient (Wildman–Crippen LogP) is 3.71. The number of rotatable bonds is 7. The van der Waals surface area contributed by atoms with E-state index in [2.05, 4.69) is 10.6 Å². The smallest absolute Gasteiger partial charge is 0.259 e. The zero-order chi connectivity index (χ0) is 22.4. The van der Waals surface area contributed by atoms with Crippen LogP contribution in [0.15, 0.2) is 66.7 Å². The maximum Gasteiger partial charge on any atom is 0.259 e. The minimum atomic E-state index is -0.461. The standard InChI is InChI=1S/C24H25N3O4/c1-27(2)14-13-16-11-12-17(25-23(30)18-7-3-5-9-21(18)28)15-20(16)26-24(31)19-8-4-6-10-22(19)29/h3-12,15,28-29H,13-14H2,1-2H3,(H,25,30)(H,26,31). The van der Waals surface area contributed by atoms with E-state index in [1.807, 2.05) is 25.1 Å². The number of carbonyl (C=O) groups excluding carboxylic acids is 2. The lowest BCUT2D eigenvalue weighted by Crippen LogP contribution is -2.18. The largest absolute Gasteiger partial charge is 0.507 e. The van der Waals surface area contributed by atoms with Crippen LogP contribution in [0, 0.1) is 0 Å². The monoisotopic (exact) mass is 419 g/mol. The summed E-state index contributed by atoms with van der Waals surface area (Å²) < 4.78 is 0. The number of hydrogen-bond donors (Lipinski definition) is 4. The van der Waals surface area contributed by atoms with Crippen molar-refractivity contribution in [2.24, 2.45) is 0 Å². The van der Waals surface area contributed by atoms with Gasteiger partial charge in [0, 0.05) is 17.9 Å². The first kappa shape index (κ1) is 21.9. The average Bonchev–Trinajstić information content (AvgIpc) is 2.73. The van der Waals surface area contributed by atoms with E-state index in [0.29, 0.717) is 17.8 Å². The molecule has 0 spiro atoms. The fourth-order valence-corrected chi connectivity index (χ4v) is 3.05. The molecule has 0 aliphatic carbocycles. The Morgan fingerprint density at radius 1 is 0.806 bits per heavy atom. The minimum absolute atomic E-state index is 0.112. The Morgan fingerprint density at radius 2 is 1.35 bits per heavy atom. The summed E-state index contributed by atoms with van der Waals surface area (Å²) in [5.41, 5.74) is 2.20. The van der Waals surface area contributed by atoms with Gasteiger partial charge < -0.3 is 25.7 Å². The highest BCUT2D eigenvalue weighted by molar-refractivity contribution is 6.08. The van der Waals surface area contributed by atoms with E-state index in [1.165, 1.54) is 24.3 Å². The normalized spacial score (nSPS) is 10.7. The molecule has 0 fully saturated rings. The number of benzene rings is 3. The summed E-state index contributed by atoms with van der Waals surface area (Å²) >= 11 is 0. The molecule has 0 aliphatic rings. The van der Waals surface area contributed by atoms with Crippen LogP contribution in [0.2, 0.25) is 0 Å². The van der Waals surface area contributed by atoms with E-state index in [-0.39, 0.29) is 22.6 Å². The van der Waals surface area contributed by atoms with Crippen molar-refractivity contribution in [1.82, 2.24) is 4.90 Å². The van der Waals surface area contributed by atoms with Crippen molar-refractivity contribution in [3.63, 3.8) is 0 Å². The number of phenols is 2. The molecule has 0 saturated heterocycles. The topological polar surface area (TPSA) is 102 Å². The molecule has 31 heavy (non-hydrogen) atoms. The first-order chi connectivity index (χ1) is 14.8. The van der Waals surface area contributed by atoms with E-state index in [4.69, 9.17) is 0 Å². The number of amides is 2. The number of aromatic hydroxyl groups is 2. The third-order valence-corrected chi connectivity index (χ3v) is 4.74. The lowest BCUT2D eigenvalue weighted by Gasteiger charge is -2.16. The van der Waals surface area contributed by atoms with Crippen molar-refractivity contribution in [3.05, 3.63) is 83.4 Å². The third kappa shape index (κ3) is 5.61. The van der Waals surface area contributed by atoms with Crippen LogP contribution in [0.3, 0.4) is 0 Å². The van der Waals surface area contributed by atoms with Crippen LogP contribution < -0.4 is 10.6 Å². The highest BCUT2D eigenvalue weighted by Gasteiger charge is 2.15. The van der Waals surface area contributed by atoms with Crippen LogP contribution >= 0.6 is 0 Å². The first-order valence-corrected chi connectivity index (χ1v) is 9.81. The molecule has 7 heteroatoms. The molecule has 0 aliphatic heterocycles. The van der Waals surface area contributed by atoms with Gasteiger partial charge in [0.05, 0.1) is 11.1 Å². The summed E-state index contributed by atoms with van der Waals surface area (Å²) in [7, 11) is 3.92. The van der Waals surface area contributed by atoms with Crippen LogP contribution in [-0.2, 0) is 6.42 Å². The molecule has 0 heterocycles. The average molecular weight is 419 g/mol.